The average molecular weight is 192 g/mol. The Hall–Kier alpha value is 0.420. The summed E-state index contributed by atoms with van der Waals surface area (Å²) in [7, 11) is -0.693. The molecule has 0 bridgehead atoms. The van der Waals surface area contributed by atoms with Crippen LogP contribution in [0.5, 0.6) is 0 Å². The molecule has 3 nitrogen and oxygen atoms in total. The van der Waals surface area contributed by atoms with Crippen LogP contribution < -0.4 is 4.72 Å². The lowest BCUT2D eigenvalue weighted by Crippen LogP contribution is -2.38. The fourth-order valence-corrected chi connectivity index (χ4v) is 3.80. The van der Waals surface area contributed by atoms with Crippen LogP contribution in [0, 0.1) is 0 Å². The molecule has 5 heteroatoms. The van der Waals surface area contributed by atoms with Gasteiger partial charge in [-0.05, 0) is 12.8 Å². The van der Waals surface area contributed by atoms with Gasteiger partial charge in [0.1, 0.15) is 0 Å². The first-order chi connectivity index (χ1) is 5.38. The quantitative estimate of drug-likeness (QED) is 0.607. The predicted molar refractivity (Wildman–Crippen MR) is 48.3 cm³/mol. The molecule has 2 saturated heterocycles. The molecule has 0 aromatic rings. The minimum Gasteiger partial charge on any atom is -0.246 e. The average Bonchev–Trinajstić information content (AvgIpc) is 2.55. The Morgan fingerprint density at radius 2 is 2.55 bits per heavy atom. The van der Waals surface area contributed by atoms with E-state index >= 15 is 0 Å². The van der Waals surface area contributed by atoms with Gasteiger partial charge in [0.05, 0.1) is 17.2 Å². The highest BCUT2D eigenvalue weighted by Crippen LogP contribution is 2.21. The Bertz CT molecular complexity index is 170. The number of hydrogen-bond donors (Lipinski definition) is 1. The van der Waals surface area contributed by atoms with E-state index in [0.717, 1.165) is 30.9 Å². The van der Waals surface area contributed by atoms with Crippen molar-refractivity contribution in [2.24, 2.45) is 0 Å². The van der Waals surface area contributed by atoms with E-state index < -0.39 is 11.0 Å². The summed E-state index contributed by atoms with van der Waals surface area (Å²) in [6, 6.07) is 0. The maximum absolute atomic E-state index is 11.3. The lowest BCUT2D eigenvalue weighted by Gasteiger charge is -2.20. The molecule has 2 atom stereocenters. The molecule has 2 unspecified atom stereocenters. The van der Waals surface area contributed by atoms with Crippen molar-refractivity contribution in [3.63, 3.8) is 0 Å². The fourth-order valence-electron chi connectivity index (χ4n) is 1.45. The van der Waals surface area contributed by atoms with Crippen LogP contribution in [0.1, 0.15) is 12.8 Å². The fraction of sp³-hybridized carbons (Fsp3) is 1.00. The number of nitrogens with one attached hydrogen (secondary N) is 1. The monoisotopic (exact) mass is 192 g/mol. The molecule has 0 saturated carbocycles. The molecule has 11 heavy (non-hydrogen) atoms. The van der Waals surface area contributed by atoms with E-state index in [1.54, 1.807) is 11.9 Å². The highest BCUT2D eigenvalue weighted by atomic mass is 32.2. The van der Waals surface area contributed by atoms with Crippen molar-refractivity contribution < 1.29 is 4.21 Å². The van der Waals surface area contributed by atoms with E-state index in [1.165, 1.54) is 0 Å². The van der Waals surface area contributed by atoms with Crippen molar-refractivity contribution >= 4 is 22.9 Å². The molecule has 0 aromatic heterocycles. The van der Waals surface area contributed by atoms with E-state index in [0.29, 0.717) is 6.17 Å². The summed E-state index contributed by atoms with van der Waals surface area (Å²) in [6.45, 7) is 1.00. The molecule has 64 valence electrons. The van der Waals surface area contributed by atoms with E-state index in [4.69, 9.17) is 0 Å². The zero-order valence-electron chi connectivity index (χ0n) is 6.28. The van der Waals surface area contributed by atoms with Gasteiger partial charge in [-0.3, -0.25) is 0 Å². The van der Waals surface area contributed by atoms with Crippen molar-refractivity contribution in [1.29, 1.82) is 0 Å². The van der Waals surface area contributed by atoms with E-state index in [9.17, 15) is 4.21 Å². The minimum atomic E-state index is -0.693. The van der Waals surface area contributed by atoms with Crippen LogP contribution in [0.3, 0.4) is 0 Å². The van der Waals surface area contributed by atoms with Gasteiger partial charge >= 0.3 is 0 Å². The summed E-state index contributed by atoms with van der Waals surface area (Å²) in [4.78, 5) is 0. The van der Waals surface area contributed by atoms with Crippen LogP contribution >= 0.6 is 11.9 Å². The summed E-state index contributed by atoms with van der Waals surface area (Å²) in [5.74, 6) is 2.02. The molecule has 0 radical (unpaired) electrons. The van der Waals surface area contributed by atoms with Crippen LogP contribution in [-0.2, 0) is 11.0 Å². The first kappa shape index (κ1) is 8.04. The maximum atomic E-state index is 11.3. The Morgan fingerprint density at radius 3 is 3.09 bits per heavy atom. The van der Waals surface area contributed by atoms with E-state index in [-0.39, 0.29) is 0 Å². The Labute approximate surface area is 73.6 Å². The third-order valence-corrected chi connectivity index (χ3v) is 4.50. The predicted octanol–water partition coefficient (Wildman–Crippen LogP) is 0.323. The zero-order chi connectivity index (χ0) is 7.68. The molecular formula is C6H12N2OS2. The Morgan fingerprint density at radius 1 is 1.64 bits per heavy atom. The van der Waals surface area contributed by atoms with Crippen molar-refractivity contribution in [3.05, 3.63) is 0 Å². The normalized spacial score (nSPS) is 40.0. The molecule has 0 aromatic carbocycles. The van der Waals surface area contributed by atoms with Crippen LogP contribution in [0.4, 0.5) is 0 Å². The van der Waals surface area contributed by atoms with Crippen molar-refractivity contribution in [3.8, 4) is 0 Å². The van der Waals surface area contributed by atoms with Gasteiger partial charge in [-0.1, -0.05) is 11.9 Å². The Kier molecular flexibility index (Phi) is 2.51. The van der Waals surface area contributed by atoms with Gasteiger partial charge in [0.25, 0.3) is 0 Å². The van der Waals surface area contributed by atoms with Crippen LogP contribution in [0.15, 0.2) is 0 Å². The molecule has 1 N–H and O–H groups in total. The smallest absolute Gasteiger partial charge is 0.0957 e. The van der Waals surface area contributed by atoms with Gasteiger partial charge in [-0.15, -0.1) is 0 Å². The van der Waals surface area contributed by atoms with Gasteiger partial charge in [0.2, 0.25) is 0 Å². The Balaban J connectivity index is 1.97. The molecule has 0 spiro atoms. The summed E-state index contributed by atoms with van der Waals surface area (Å²) in [6.07, 6.45) is 2.61. The molecule has 2 fully saturated rings. The van der Waals surface area contributed by atoms with Gasteiger partial charge in [0, 0.05) is 18.1 Å². The van der Waals surface area contributed by atoms with Crippen LogP contribution in [0.2, 0.25) is 0 Å². The van der Waals surface area contributed by atoms with Crippen molar-refractivity contribution in [1.82, 2.24) is 9.03 Å². The number of rotatable bonds is 1. The van der Waals surface area contributed by atoms with Crippen molar-refractivity contribution in [2.75, 3.05) is 18.1 Å². The topological polar surface area (TPSA) is 32.3 Å². The molecular weight excluding hydrogens is 180 g/mol. The molecule has 2 rings (SSSR count). The van der Waals surface area contributed by atoms with Gasteiger partial charge in [-0.25, -0.2) is 13.2 Å². The largest absolute Gasteiger partial charge is 0.246 e. The summed E-state index contributed by atoms with van der Waals surface area (Å²) in [5, 5.41) is 0. The van der Waals surface area contributed by atoms with E-state index in [1.807, 2.05) is 0 Å². The molecule has 0 aliphatic carbocycles. The number of hydrogen-bond acceptors (Lipinski definition) is 3. The molecule has 0 amide bonds. The van der Waals surface area contributed by atoms with Gasteiger partial charge in [0.15, 0.2) is 0 Å². The second kappa shape index (κ2) is 3.43. The third-order valence-electron chi connectivity index (χ3n) is 2.02. The molecule has 2 heterocycles. The first-order valence-electron chi connectivity index (χ1n) is 3.90. The van der Waals surface area contributed by atoms with Gasteiger partial charge < -0.3 is 0 Å². The standard InChI is InChI=1S/C6H12N2OS2/c9-11-5-1-3-8(11)6-2-4-10-7-6/h6-7H,1-5H2. The lowest BCUT2D eigenvalue weighted by atomic mass is 10.3. The number of nitrogens with zero attached hydrogens (tertiary/aromatic N) is 1. The second-order valence-electron chi connectivity index (χ2n) is 2.79. The highest BCUT2D eigenvalue weighted by molar-refractivity contribution is 7.97. The second-order valence-corrected chi connectivity index (χ2v) is 5.24. The highest BCUT2D eigenvalue weighted by Gasteiger charge is 2.29. The maximum Gasteiger partial charge on any atom is 0.0957 e. The third kappa shape index (κ3) is 1.61. The first-order valence-corrected chi connectivity index (χ1v) is 6.16. The van der Waals surface area contributed by atoms with Crippen molar-refractivity contribution in [2.45, 2.75) is 19.0 Å². The van der Waals surface area contributed by atoms with Gasteiger partial charge in [-0.2, -0.15) is 0 Å². The van der Waals surface area contributed by atoms with E-state index in [2.05, 4.69) is 9.03 Å². The van der Waals surface area contributed by atoms with Crippen LogP contribution in [-0.4, -0.2) is 32.7 Å². The SMILES string of the molecule is O=S1CCCN1C1CCSN1. The van der Waals surface area contributed by atoms with Crippen LogP contribution in [0.25, 0.3) is 0 Å². The minimum absolute atomic E-state index is 0.378. The summed E-state index contributed by atoms with van der Waals surface area (Å²) >= 11 is 1.74. The lowest BCUT2D eigenvalue weighted by molar-refractivity contribution is 0.349. The molecule has 2 aliphatic rings. The summed E-state index contributed by atoms with van der Waals surface area (Å²) < 4.78 is 16.7. The summed E-state index contributed by atoms with van der Waals surface area (Å²) in [5.41, 5.74) is 0. The zero-order valence-corrected chi connectivity index (χ0v) is 7.92. The molecule has 2 aliphatic heterocycles.